The fraction of sp³-hybridized carbons (Fsp3) is 0.316. The molecule has 0 aromatic heterocycles. The van der Waals surface area contributed by atoms with Gasteiger partial charge in [-0.1, -0.05) is 31.2 Å². The van der Waals surface area contributed by atoms with Crippen LogP contribution in [0, 0.1) is 5.82 Å². The summed E-state index contributed by atoms with van der Waals surface area (Å²) < 4.78 is 19.8. The first kappa shape index (κ1) is 19.8. The van der Waals surface area contributed by atoms with E-state index in [2.05, 4.69) is 28.2 Å². The van der Waals surface area contributed by atoms with Gasteiger partial charge in [0.2, 0.25) is 0 Å². The molecular weight excluding hydrogens is 405 g/mol. The Morgan fingerprint density at radius 2 is 2.08 bits per heavy atom. The van der Waals surface area contributed by atoms with E-state index in [4.69, 9.17) is 4.74 Å². The van der Waals surface area contributed by atoms with E-state index in [1.165, 1.54) is 11.6 Å². The molecular formula is C19H21BrFNO2S. The SMILES string of the molecule is CCc1ccc(OCC(=O)NCCSCc2ccccc2F)c(Br)c1. The Morgan fingerprint density at radius 1 is 1.28 bits per heavy atom. The topological polar surface area (TPSA) is 38.3 Å². The average Bonchev–Trinajstić information content (AvgIpc) is 2.61. The normalized spacial score (nSPS) is 10.5. The predicted molar refractivity (Wildman–Crippen MR) is 105 cm³/mol. The zero-order valence-electron chi connectivity index (χ0n) is 14.1. The molecule has 2 aromatic carbocycles. The molecule has 0 aliphatic rings. The summed E-state index contributed by atoms with van der Waals surface area (Å²) in [6.45, 7) is 2.58. The Kier molecular flexibility index (Phi) is 8.28. The Morgan fingerprint density at radius 3 is 2.80 bits per heavy atom. The second kappa shape index (κ2) is 10.5. The Bertz CT molecular complexity index is 712. The molecule has 0 heterocycles. The lowest BCUT2D eigenvalue weighted by atomic mass is 10.2. The molecule has 134 valence electrons. The molecule has 0 spiro atoms. The minimum absolute atomic E-state index is 0.0257. The lowest BCUT2D eigenvalue weighted by Gasteiger charge is -2.10. The summed E-state index contributed by atoms with van der Waals surface area (Å²) in [7, 11) is 0. The van der Waals surface area contributed by atoms with Gasteiger partial charge in [-0.05, 0) is 51.7 Å². The first-order valence-electron chi connectivity index (χ1n) is 8.09. The number of carbonyl (C=O) groups is 1. The van der Waals surface area contributed by atoms with Gasteiger partial charge in [0.1, 0.15) is 11.6 Å². The Hall–Kier alpha value is -1.53. The van der Waals surface area contributed by atoms with Gasteiger partial charge in [0.25, 0.3) is 5.91 Å². The number of thioether (sulfide) groups is 1. The van der Waals surface area contributed by atoms with Crippen LogP contribution in [-0.4, -0.2) is 24.8 Å². The highest BCUT2D eigenvalue weighted by atomic mass is 79.9. The van der Waals surface area contributed by atoms with Crippen molar-refractivity contribution in [3.8, 4) is 5.75 Å². The number of halogens is 2. The zero-order valence-corrected chi connectivity index (χ0v) is 16.5. The fourth-order valence-electron chi connectivity index (χ4n) is 2.14. The summed E-state index contributed by atoms with van der Waals surface area (Å²) in [4.78, 5) is 11.8. The largest absolute Gasteiger partial charge is 0.483 e. The fourth-order valence-corrected chi connectivity index (χ4v) is 3.52. The van der Waals surface area contributed by atoms with Crippen LogP contribution in [0.25, 0.3) is 0 Å². The van der Waals surface area contributed by atoms with Crippen molar-refractivity contribution < 1.29 is 13.9 Å². The number of rotatable bonds is 9. The highest BCUT2D eigenvalue weighted by molar-refractivity contribution is 9.10. The van der Waals surface area contributed by atoms with Crippen LogP contribution in [0.2, 0.25) is 0 Å². The van der Waals surface area contributed by atoms with E-state index in [1.54, 1.807) is 23.9 Å². The van der Waals surface area contributed by atoms with Crippen molar-refractivity contribution in [3.63, 3.8) is 0 Å². The first-order valence-corrected chi connectivity index (χ1v) is 10.0. The lowest BCUT2D eigenvalue weighted by Crippen LogP contribution is -2.30. The molecule has 0 fully saturated rings. The van der Waals surface area contributed by atoms with Crippen molar-refractivity contribution in [2.45, 2.75) is 19.1 Å². The number of nitrogens with one attached hydrogen (secondary N) is 1. The van der Waals surface area contributed by atoms with Crippen LogP contribution < -0.4 is 10.1 Å². The minimum Gasteiger partial charge on any atom is -0.483 e. The molecule has 0 saturated heterocycles. The van der Waals surface area contributed by atoms with Gasteiger partial charge in [-0.3, -0.25) is 4.79 Å². The molecule has 1 amide bonds. The van der Waals surface area contributed by atoms with Gasteiger partial charge in [-0.15, -0.1) is 0 Å². The monoisotopic (exact) mass is 425 g/mol. The number of amides is 1. The number of benzene rings is 2. The van der Waals surface area contributed by atoms with Crippen LogP contribution in [0.5, 0.6) is 5.75 Å². The maximum Gasteiger partial charge on any atom is 0.257 e. The molecule has 3 nitrogen and oxygen atoms in total. The lowest BCUT2D eigenvalue weighted by molar-refractivity contribution is -0.122. The van der Waals surface area contributed by atoms with Gasteiger partial charge in [0.05, 0.1) is 4.47 Å². The molecule has 2 rings (SSSR count). The number of carbonyl (C=O) groups excluding carboxylic acids is 1. The summed E-state index contributed by atoms with van der Waals surface area (Å²) in [5.41, 5.74) is 1.89. The van der Waals surface area contributed by atoms with Crippen LogP contribution >= 0.6 is 27.7 Å². The molecule has 1 N–H and O–H groups in total. The maximum absolute atomic E-state index is 13.5. The molecule has 0 bridgehead atoms. The second-order valence-electron chi connectivity index (χ2n) is 5.40. The van der Waals surface area contributed by atoms with E-state index >= 15 is 0 Å². The summed E-state index contributed by atoms with van der Waals surface area (Å²) in [5, 5.41) is 2.80. The van der Waals surface area contributed by atoms with Crippen molar-refractivity contribution in [3.05, 3.63) is 63.9 Å². The van der Waals surface area contributed by atoms with E-state index in [0.29, 0.717) is 23.6 Å². The highest BCUT2D eigenvalue weighted by Crippen LogP contribution is 2.26. The van der Waals surface area contributed by atoms with E-state index < -0.39 is 0 Å². The number of hydrogen-bond acceptors (Lipinski definition) is 3. The van der Waals surface area contributed by atoms with E-state index in [0.717, 1.165) is 16.6 Å². The van der Waals surface area contributed by atoms with Crippen molar-refractivity contribution in [1.82, 2.24) is 5.32 Å². The average molecular weight is 426 g/mol. The molecule has 0 unspecified atom stereocenters. The van der Waals surface area contributed by atoms with Crippen molar-refractivity contribution >= 4 is 33.6 Å². The van der Waals surface area contributed by atoms with Gasteiger partial charge < -0.3 is 10.1 Å². The number of aryl methyl sites for hydroxylation is 1. The molecule has 6 heteroatoms. The third kappa shape index (κ3) is 6.71. The van der Waals surface area contributed by atoms with Gasteiger partial charge in [-0.2, -0.15) is 11.8 Å². The molecule has 2 aromatic rings. The quantitative estimate of drug-likeness (QED) is 0.597. The van der Waals surface area contributed by atoms with E-state index in [1.807, 2.05) is 24.3 Å². The molecule has 25 heavy (non-hydrogen) atoms. The number of ether oxygens (including phenoxy) is 1. The molecule has 0 radical (unpaired) electrons. The van der Waals surface area contributed by atoms with Crippen LogP contribution in [0.3, 0.4) is 0 Å². The maximum atomic E-state index is 13.5. The smallest absolute Gasteiger partial charge is 0.257 e. The minimum atomic E-state index is -0.188. The Balaban J connectivity index is 1.63. The zero-order chi connectivity index (χ0) is 18.1. The van der Waals surface area contributed by atoms with Crippen LogP contribution in [0.4, 0.5) is 4.39 Å². The van der Waals surface area contributed by atoms with E-state index in [9.17, 15) is 9.18 Å². The summed E-state index contributed by atoms with van der Waals surface area (Å²) >= 11 is 5.03. The van der Waals surface area contributed by atoms with Crippen molar-refractivity contribution in [2.24, 2.45) is 0 Å². The summed E-state index contributed by atoms with van der Waals surface area (Å²) in [6, 6.07) is 12.6. The molecule has 0 atom stereocenters. The third-order valence-corrected chi connectivity index (χ3v) is 5.17. The van der Waals surface area contributed by atoms with Gasteiger partial charge in [0, 0.05) is 18.1 Å². The van der Waals surface area contributed by atoms with Crippen LogP contribution in [0.1, 0.15) is 18.1 Å². The first-order chi connectivity index (χ1) is 12.1. The third-order valence-electron chi connectivity index (χ3n) is 3.55. The number of hydrogen-bond donors (Lipinski definition) is 1. The molecule has 0 saturated carbocycles. The van der Waals surface area contributed by atoms with Crippen molar-refractivity contribution in [1.29, 1.82) is 0 Å². The van der Waals surface area contributed by atoms with Crippen molar-refractivity contribution in [2.75, 3.05) is 18.9 Å². The molecule has 0 aliphatic carbocycles. The van der Waals surface area contributed by atoms with Gasteiger partial charge in [-0.25, -0.2) is 4.39 Å². The Labute approximate surface area is 160 Å². The van der Waals surface area contributed by atoms with Crippen LogP contribution in [0.15, 0.2) is 46.9 Å². The van der Waals surface area contributed by atoms with E-state index in [-0.39, 0.29) is 18.3 Å². The second-order valence-corrected chi connectivity index (χ2v) is 7.36. The van der Waals surface area contributed by atoms with Crippen LogP contribution in [-0.2, 0) is 17.0 Å². The summed E-state index contributed by atoms with van der Waals surface area (Å²) in [6.07, 6.45) is 0.948. The standard InChI is InChI=1S/C19H21BrFNO2S/c1-2-14-7-8-18(16(20)11-14)24-12-19(23)22-9-10-25-13-15-5-3-4-6-17(15)21/h3-8,11H,2,9-10,12-13H2,1H3,(H,22,23). The van der Waals surface area contributed by atoms with Gasteiger partial charge in [0.15, 0.2) is 6.61 Å². The highest BCUT2D eigenvalue weighted by Gasteiger charge is 2.06. The predicted octanol–water partition coefficient (Wildman–Crippen LogP) is 4.58. The molecule has 0 aliphatic heterocycles. The summed E-state index contributed by atoms with van der Waals surface area (Å²) in [5.74, 6) is 1.61. The van der Waals surface area contributed by atoms with Gasteiger partial charge >= 0.3 is 0 Å².